The Kier molecular flexibility index (Phi) is 11.9. The van der Waals surface area contributed by atoms with Gasteiger partial charge in [0.2, 0.25) is 23.6 Å². The molecule has 4 atom stereocenters. The standard InChI is InChI=1S/C29H36N6O6S/c1-42-12-11-22(29(40)41)33-27(38)23(14-18-16-32-21-10-6-5-9-19(18)21)35-28(39)24(15-25(31)36)34-26(37)20(30)13-17-7-3-2-4-8-17/h2-10,16,20,22-24,32H,11-15,30H2,1H3,(H2,31,36)(H,33,38)(H,34,37)(H,35,39)(H,40,41). The number of benzene rings is 2. The number of carbonyl (C=O) groups excluding carboxylic acids is 4. The summed E-state index contributed by atoms with van der Waals surface area (Å²) in [4.78, 5) is 66.4. The Labute approximate surface area is 247 Å². The van der Waals surface area contributed by atoms with Gasteiger partial charge in [-0.3, -0.25) is 19.2 Å². The lowest BCUT2D eigenvalue weighted by atomic mass is 10.0. The highest BCUT2D eigenvalue weighted by molar-refractivity contribution is 7.98. The second-order valence-electron chi connectivity index (χ2n) is 9.83. The third kappa shape index (κ3) is 9.35. The number of amides is 4. The first-order valence-electron chi connectivity index (χ1n) is 13.3. The predicted molar refractivity (Wildman–Crippen MR) is 160 cm³/mol. The van der Waals surface area contributed by atoms with E-state index in [0.29, 0.717) is 11.3 Å². The number of carboxylic acid groups (broad SMARTS) is 1. The maximum absolute atomic E-state index is 13.4. The highest BCUT2D eigenvalue weighted by Gasteiger charge is 2.31. The Morgan fingerprint density at radius 3 is 2.14 bits per heavy atom. The minimum absolute atomic E-state index is 0.00120. The number of aromatic amines is 1. The van der Waals surface area contributed by atoms with E-state index in [1.54, 1.807) is 30.5 Å². The zero-order chi connectivity index (χ0) is 30.6. The molecule has 4 unspecified atom stereocenters. The molecule has 0 radical (unpaired) electrons. The maximum atomic E-state index is 13.4. The number of thioether (sulfide) groups is 1. The summed E-state index contributed by atoms with van der Waals surface area (Å²) >= 11 is 1.43. The highest BCUT2D eigenvalue weighted by Crippen LogP contribution is 2.19. The molecule has 3 aromatic rings. The molecular weight excluding hydrogens is 560 g/mol. The molecule has 2 aromatic carbocycles. The molecule has 42 heavy (non-hydrogen) atoms. The molecule has 4 amide bonds. The van der Waals surface area contributed by atoms with Gasteiger partial charge in [-0.25, -0.2) is 4.79 Å². The summed E-state index contributed by atoms with van der Waals surface area (Å²) in [5, 5.41) is 18.0. The summed E-state index contributed by atoms with van der Waals surface area (Å²) in [5.74, 6) is -3.82. The SMILES string of the molecule is CSCCC(NC(=O)C(Cc1c[nH]c2ccccc12)NC(=O)C(CC(N)=O)NC(=O)C(N)Cc1ccccc1)C(=O)O. The van der Waals surface area contributed by atoms with Crippen LogP contribution in [0.5, 0.6) is 0 Å². The van der Waals surface area contributed by atoms with Gasteiger partial charge in [-0.05, 0) is 42.0 Å². The van der Waals surface area contributed by atoms with E-state index in [1.807, 2.05) is 36.6 Å². The maximum Gasteiger partial charge on any atom is 0.326 e. The number of H-pyrrole nitrogens is 1. The fourth-order valence-corrected chi connectivity index (χ4v) is 4.89. The van der Waals surface area contributed by atoms with E-state index in [0.717, 1.165) is 16.5 Å². The normalized spacial score (nSPS) is 13.9. The van der Waals surface area contributed by atoms with Gasteiger partial charge in [0.1, 0.15) is 18.1 Å². The molecule has 0 fully saturated rings. The molecule has 0 spiro atoms. The summed E-state index contributed by atoms with van der Waals surface area (Å²) < 4.78 is 0. The number of carbonyl (C=O) groups is 5. The fourth-order valence-electron chi connectivity index (χ4n) is 4.42. The number of aliphatic carboxylic acids is 1. The first-order valence-corrected chi connectivity index (χ1v) is 14.7. The van der Waals surface area contributed by atoms with E-state index in [9.17, 15) is 29.1 Å². The van der Waals surface area contributed by atoms with Crippen molar-refractivity contribution in [1.82, 2.24) is 20.9 Å². The molecule has 3 rings (SSSR count). The lowest BCUT2D eigenvalue weighted by Crippen LogP contribution is -2.58. The van der Waals surface area contributed by atoms with Crippen molar-refractivity contribution >= 4 is 52.3 Å². The first-order chi connectivity index (χ1) is 20.1. The molecule has 0 saturated heterocycles. The lowest BCUT2D eigenvalue weighted by molar-refractivity contribution is -0.142. The van der Waals surface area contributed by atoms with Crippen molar-refractivity contribution in [3.8, 4) is 0 Å². The van der Waals surface area contributed by atoms with E-state index in [-0.39, 0.29) is 19.3 Å². The molecule has 9 N–H and O–H groups in total. The van der Waals surface area contributed by atoms with E-state index < -0.39 is 60.2 Å². The van der Waals surface area contributed by atoms with Crippen molar-refractivity contribution < 1.29 is 29.1 Å². The number of hydrogen-bond donors (Lipinski definition) is 7. The second-order valence-corrected chi connectivity index (χ2v) is 10.8. The first kappa shape index (κ1) is 32.2. The molecule has 0 aliphatic heterocycles. The van der Waals surface area contributed by atoms with Crippen molar-refractivity contribution in [2.24, 2.45) is 11.5 Å². The number of hydrogen-bond acceptors (Lipinski definition) is 7. The summed E-state index contributed by atoms with van der Waals surface area (Å²) in [6, 6.07) is 11.6. The zero-order valence-electron chi connectivity index (χ0n) is 23.2. The van der Waals surface area contributed by atoms with Gasteiger partial charge in [-0.2, -0.15) is 11.8 Å². The number of primary amides is 1. The van der Waals surface area contributed by atoms with Gasteiger partial charge in [0.25, 0.3) is 0 Å². The van der Waals surface area contributed by atoms with Crippen LogP contribution in [0.4, 0.5) is 0 Å². The van der Waals surface area contributed by atoms with Gasteiger partial charge in [0.05, 0.1) is 12.5 Å². The molecular formula is C29H36N6O6S. The number of nitrogens with one attached hydrogen (secondary N) is 4. The van der Waals surface area contributed by atoms with Crippen LogP contribution in [0.25, 0.3) is 10.9 Å². The van der Waals surface area contributed by atoms with Gasteiger partial charge < -0.3 is 37.5 Å². The number of fused-ring (bicyclic) bond motifs is 1. The van der Waals surface area contributed by atoms with Gasteiger partial charge in [0.15, 0.2) is 0 Å². The van der Waals surface area contributed by atoms with Crippen LogP contribution in [0.15, 0.2) is 60.8 Å². The van der Waals surface area contributed by atoms with E-state index in [1.165, 1.54) is 11.8 Å². The van der Waals surface area contributed by atoms with E-state index in [4.69, 9.17) is 11.5 Å². The molecule has 1 heterocycles. The van der Waals surface area contributed by atoms with Crippen LogP contribution >= 0.6 is 11.8 Å². The molecule has 0 saturated carbocycles. The summed E-state index contributed by atoms with van der Waals surface area (Å²) in [7, 11) is 0. The van der Waals surface area contributed by atoms with Crippen molar-refractivity contribution in [1.29, 1.82) is 0 Å². The van der Waals surface area contributed by atoms with Crippen molar-refractivity contribution in [3.05, 3.63) is 71.9 Å². The van der Waals surface area contributed by atoms with Gasteiger partial charge in [0, 0.05) is 23.5 Å². The Bertz CT molecular complexity index is 1400. The number of para-hydroxylation sites is 1. The Balaban J connectivity index is 1.81. The number of carboxylic acids is 1. The van der Waals surface area contributed by atoms with Crippen LogP contribution in [0.2, 0.25) is 0 Å². The Morgan fingerprint density at radius 1 is 0.857 bits per heavy atom. The predicted octanol–water partition coefficient (Wildman–Crippen LogP) is 0.448. The molecule has 12 nitrogen and oxygen atoms in total. The van der Waals surface area contributed by atoms with Gasteiger partial charge >= 0.3 is 5.97 Å². The largest absolute Gasteiger partial charge is 0.480 e. The van der Waals surface area contributed by atoms with Gasteiger partial charge in [-0.15, -0.1) is 0 Å². The van der Waals surface area contributed by atoms with E-state index in [2.05, 4.69) is 20.9 Å². The third-order valence-electron chi connectivity index (χ3n) is 6.63. The molecule has 0 aliphatic carbocycles. The Morgan fingerprint density at radius 2 is 1.48 bits per heavy atom. The minimum Gasteiger partial charge on any atom is -0.480 e. The second kappa shape index (κ2) is 15.6. The summed E-state index contributed by atoms with van der Waals surface area (Å²) in [5.41, 5.74) is 13.7. The van der Waals surface area contributed by atoms with Crippen LogP contribution in [0.1, 0.15) is 24.0 Å². The van der Waals surface area contributed by atoms with E-state index >= 15 is 0 Å². The average molecular weight is 597 g/mol. The van der Waals surface area contributed by atoms with Crippen LogP contribution in [0, 0.1) is 0 Å². The topological polar surface area (TPSA) is 210 Å². The number of rotatable bonds is 16. The summed E-state index contributed by atoms with van der Waals surface area (Å²) in [6.07, 6.45) is 3.35. The third-order valence-corrected chi connectivity index (χ3v) is 7.27. The number of nitrogens with two attached hydrogens (primary N) is 2. The van der Waals surface area contributed by atoms with Crippen LogP contribution < -0.4 is 27.4 Å². The minimum atomic E-state index is -1.41. The molecule has 13 heteroatoms. The lowest BCUT2D eigenvalue weighted by Gasteiger charge is -2.25. The van der Waals surface area contributed by atoms with Crippen LogP contribution in [-0.2, 0) is 36.8 Å². The summed E-state index contributed by atoms with van der Waals surface area (Å²) in [6.45, 7) is 0. The smallest absolute Gasteiger partial charge is 0.326 e. The number of aromatic nitrogens is 1. The quantitative estimate of drug-likeness (QED) is 0.123. The van der Waals surface area contributed by atoms with Crippen LogP contribution in [0.3, 0.4) is 0 Å². The Hall–Kier alpha value is -4.36. The fraction of sp³-hybridized carbons (Fsp3) is 0.345. The zero-order valence-corrected chi connectivity index (χ0v) is 24.0. The van der Waals surface area contributed by atoms with Crippen LogP contribution in [-0.4, -0.2) is 75.9 Å². The van der Waals surface area contributed by atoms with Gasteiger partial charge in [-0.1, -0.05) is 48.5 Å². The molecule has 1 aromatic heterocycles. The monoisotopic (exact) mass is 596 g/mol. The molecule has 0 bridgehead atoms. The highest BCUT2D eigenvalue weighted by atomic mass is 32.2. The van der Waals surface area contributed by atoms with Crippen molar-refractivity contribution in [3.63, 3.8) is 0 Å². The molecule has 224 valence electrons. The van der Waals surface area contributed by atoms with Crippen molar-refractivity contribution in [2.75, 3.05) is 12.0 Å². The molecule has 0 aliphatic rings. The average Bonchev–Trinajstić information content (AvgIpc) is 3.37. The van der Waals surface area contributed by atoms with Crippen molar-refractivity contribution in [2.45, 2.75) is 49.9 Å².